The van der Waals surface area contributed by atoms with E-state index in [9.17, 15) is 4.79 Å². The molecule has 2 aromatic heterocycles. The summed E-state index contributed by atoms with van der Waals surface area (Å²) in [6.45, 7) is 11.2. The number of allylic oxidation sites excluding steroid dienone is 1. The first-order valence-corrected chi connectivity index (χ1v) is 13.1. The van der Waals surface area contributed by atoms with Gasteiger partial charge in [-0.25, -0.2) is 9.78 Å². The Morgan fingerprint density at radius 1 is 1.14 bits per heavy atom. The topological polar surface area (TPSA) is 63.5 Å². The zero-order valence-electron chi connectivity index (χ0n) is 21.2. The van der Waals surface area contributed by atoms with Gasteiger partial charge in [0.2, 0.25) is 0 Å². The zero-order chi connectivity index (χ0) is 25.4. The lowest BCUT2D eigenvalue weighted by molar-refractivity contribution is 0.0118. The van der Waals surface area contributed by atoms with E-state index in [1.807, 2.05) is 51.2 Å². The second-order valence-corrected chi connectivity index (χ2v) is 11.3. The summed E-state index contributed by atoms with van der Waals surface area (Å²) < 4.78 is 8.73. The molecule has 1 saturated heterocycles. The standard InChI is InChI=1S/C28H32BrN5O2/c1-19-30-9-10-34(19)18-21-15-20-7-5-6-8-23(20)26(25-24(21)16-22(29)17-31-25)32-11-13-33(14-12-32)27(35)36-28(2,3)4/h5-10,15-17,26H,11-14,18H2,1-4H3. The Morgan fingerprint density at radius 2 is 1.89 bits per heavy atom. The lowest BCUT2D eigenvalue weighted by atomic mass is 9.95. The van der Waals surface area contributed by atoms with Gasteiger partial charge in [0, 0.05) is 61.4 Å². The predicted octanol–water partition coefficient (Wildman–Crippen LogP) is 5.55. The van der Waals surface area contributed by atoms with Crippen molar-refractivity contribution in [2.45, 2.75) is 45.9 Å². The first kappa shape index (κ1) is 24.7. The Morgan fingerprint density at radius 3 is 2.58 bits per heavy atom. The zero-order valence-corrected chi connectivity index (χ0v) is 22.8. The Bertz CT molecular complexity index is 1300. The molecule has 0 bridgehead atoms. The third-order valence-electron chi connectivity index (χ3n) is 6.71. The molecule has 0 spiro atoms. The number of nitrogens with zero attached hydrogens (tertiary/aromatic N) is 5. The van der Waals surface area contributed by atoms with E-state index in [2.05, 4.69) is 66.8 Å². The summed E-state index contributed by atoms with van der Waals surface area (Å²) >= 11 is 3.65. The summed E-state index contributed by atoms with van der Waals surface area (Å²) in [6, 6.07) is 10.7. The minimum absolute atomic E-state index is 0.0114. The molecule has 0 radical (unpaired) electrons. The third-order valence-corrected chi connectivity index (χ3v) is 7.14. The highest BCUT2D eigenvalue weighted by atomic mass is 79.9. The SMILES string of the molecule is Cc1nccn1CC1=Cc2ccccc2C(N2CCN(C(=O)OC(C)(C)C)CC2)c2ncc(Br)cc21. The number of benzene rings is 1. The number of halogens is 1. The van der Waals surface area contributed by atoms with Crippen LogP contribution in [0.5, 0.6) is 0 Å². The van der Waals surface area contributed by atoms with E-state index in [1.54, 1.807) is 0 Å². The molecule has 36 heavy (non-hydrogen) atoms. The van der Waals surface area contributed by atoms with Crippen molar-refractivity contribution in [2.75, 3.05) is 26.2 Å². The van der Waals surface area contributed by atoms with Crippen LogP contribution in [-0.4, -0.2) is 62.2 Å². The summed E-state index contributed by atoms with van der Waals surface area (Å²) in [5.74, 6) is 0.979. The molecule has 1 aromatic carbocycles. The Labute approximate surface area is 220 Å². The van der Waals surface area contributed by atoms with Crippen molar-refractivity contribution in [2.24, 2.45) is 0 Å². The van der Waals surface area contributed by atoms with Crippen molar-refractivity contribution < 1.29 is 9.53 Å². The number of rotatable bonds is 3. The molecular formula is C28H32BrN5O2. The van der Waals surface area contributed by atoms with Gasteiger partial charge in [-0.05, 0) is 72.5 Å². The van der Waals surface area contributed by atoms with Gasteiger partial charge < -0.3 is 14.2 Å². The number of aryl methyl sites for hydroxylation is 1. The van der Waals surface area contributed by atoms with Crippen LogP contribution in [0.25, 0.3) is 11.6 Å². The van der Waals surface area contributed by atoms with Gasteiger partial charge in [-0.2, -0.15) is 0 Å². The monoisotopic (exact) mass is 549 g/mol. The van der Waals surface area contributed by atoms with Gasteiger partial charge in [-0.1, -0.05) is 24.3 Å². The lowest BCUT2D eigenvalue weighted by Crippen LogP contribution is -2.51. The second-order valence-electron chi connectivity index (χ2n) is 10.4. The van der Waals surface area contributed by atoms with E-state index in [0.717, 1.165) is 34.6 Å². The van der Waals surface area contributed by atoms with Gasteiger partial charge in [0.25, 0.3) is 0 Å². The van der Waals surface area contributed by atoms with E-state index in [0.29, 0.717) is 19.6 Å². The van der Waals surface area contributed by atoms with E-state index < -0.39 is 5.60 Å². The largest absolute Gasteiger partial charge is 0.444 e. The van der Waals surface area contributed by atoms with Crippen LogP contribution < -0.4 is 0 Å². The molecule has 7 nitrogen and oxygen atoms in total. The molecule has 1 unspecified atom stereocenters. The second kappa shape index (κ2) is 9.82. The maximum Gasteiger partial charge on any atom is 0.410 e. The molecule has 3 aromatic rings. The number of ether oxygens (including phenoxy) is 1. The normalized spacial score (nSPS) is 18.2. The number of hydrogen-bond acceptors (Lipinski definition) is 5. The number of amides is 1. The highest BCUT2D eigenvalue weighted by molar-refractivity contribution is 9.10. The maximum absolute atomic E-state index is 12.7. The number of hydrogen-bond donors (Lipinski definition) is 0. The summed E-state index contributed by atoms with van der Waals surface area (Å²) in [5, 5.41) is 0. The smallest absolute Gasteiger partial charge is 0.410 e. The maximum atomic E-state index is 12.7. The highest BCUT2D eigenvalue weighted by Gasteiger charge is 2.34. The summed E-state index contributed by atoms with van der Waals surface area (Å²) in [6.07, 6.45) is 7.79. The van der Waals surface area contributed by atoms with E-state index in [4.69, 9.17) is 9.72 Å². The number of carbonyl (C=O) groups excluding carboxylic acids is 1. The summed E-state index contributed by atoms with van der Waals surface area (Å²) in [7, 11) is 0. The third kappa shape index (κ3) is 5.11. The molecule has 5 rings (SSSR count). The molecule has 0 N–H and O–H groups in total. The summed E-state index contributed by atoms with van der Waals surface area (Å²) in [4.78, 5) is 26.3. The van der Waals surface area contributed by atoms with E-state index in [-0.39, 0.29) is 12.1 Å². The number of fused-ring (bicyclic) bond motifs is 2. The van der Waals surface area contributed by atoms with E-state index in [1.165, 1.54) is 16.7 Å². The number of carbonyl (C=O) groups is 1. The van der Waals surface area contributed by atoms with Gasteiger partial charge in [-0.15, -0.1) is 0 Å². The van der Waals surface area contributed by atoms with Crippen LogP contribution >= 0.6 is 15.9 Å². The molecule has 3 heterocycles. The van der Waals surface area contributed by atoms with Crippen molar-refractivity contribution in [1.82, 2.24) is 24.3 Å². The molecule has 188 valence electrons. The number of piperazine rings is 1. The van der Waals surface area contributed by atoms with Crippen LogP contribution in [0.3, 0.4) is 0 Å². The Kier molecular flexibility index (Phi) is 6.74. The molecule has 1 aliphatic carbocycles. The fourth-order valence-electron chi connectivity index (χ4n) is 4.97. The van der Waals surface area contributed by atoms with Crippen molar-refractivity contribution in [3.8, 4) is 0 Å². The van der Waals surface area contributed by atoms with Crippen molar-refractivity contribution >= 4 is 33.7 Å². The average molecular weight is 551 g/mol. The first-order valence-electron chi connectivity index (χ1n) is 12.3. The van der Waals surface area contributed by atoms with Crippen LogP contribution in [0.1, 0.15) is 55.0 Å². The molecular weight excluding hydrogens is 518 g/mol. The van der Waals surface area contributed by atoms with Gasteiger partial charge >= 0.3 is 6.09 Å². The first-order chi connectivity index (χ1) is 17.2. The van der Waals surface area contributed by atoms with Gasteiger partial charge in [0.05, 0.1) is 11.7 Å². The molecule has 2 aliphatic rings. The lowest BCUT2D eigenvalue weighted by Gasteiger charge is -2.40. The molecule has 1 fully saturated rings. The van der Waals surface area contributed by atoms with E-state index >= 15 is 0 Å². The molecule has 8 heteroatoms. The van der Waals surface area contributed by atoms with Gasteiger partial charge in [-0.3, -0.25) is 9.88 Å². The quantitative estimate of drug-likeness (QED) is 0.428. The van der Waals surface area contributed by atoms with Crippen LogP contribution in [0.2, 0.25) is 0 Å². The van der Waals surface area contributed by atoms with Crippen molar-refractivity contribution in [3.63, 3.8) is 0 Å². The van der Waals surface area contributed by atoms with Crippen molar-refractivity contribution in [1.29, 1.82) is 0 Å². The fourth-order valence-corrected chi connectivity index (χ4v) is 5.30. The number of imidazole rings is 1. The minimum Gasteiger partial charge on any atom is -0.444 e. The molecule has 1 amide bonds. The van der Waals surface area contributed by atoms with Gasteiger partial charge in [0.15, 0.2) is 0 Å². The minimum atomic E-state index is -0.500. The number of aromatic nitrogens is 3. The van der Waals surface area contributed by atoms with Crippen LogP contribution in [0.15, 0.2) is 53.4 Å². The van der Waals surface area contributed by atoms with Crippen LogP contribution in [0.4, 0.5) is 4.79 Å². The van der Waals surface area contributed by atoms with Crippen molar-refractivity contribution in [3.05, 3.63) is 81.6 Å². The molecule has 1 atom stereocenters. The van der Waals surface area contributed by atoms with Gasteiger partial charge in [0.1, 0.15) is 11.4 Å². The number of pyridine rings is 1. The van der Waals surface area contributed by atoms with Crippen LogP contribution in [0, 0.1) is 6.92 Å². The molecule has 1 aliphatic heterocycles. The van der Waals surface area contributed by atoms with Crippen LogP contribution in [-0.2, 0) is 11.3 Å². The summed E-state index contributed by atoms with van der Waals surface area (Å²) in [5.41, 5.74) is 5.30. The molecule has 0 saturated carbocycles. The Balaban J connectivity index is 1.50. The highest BCUT2D eigenvalue weighted by Crippen LogP contribution is 2.40. The predicted molar refractivity (Wildman–Crippen MR) is 144 cm³/mol. The average Bonchev–Trinajstić information content (AvgIpc) is 3.18. The Hall–Kier alpha value is -2.97. The fraction of sp³-hybridized carbons (Fsp3) is 0.393.